The van der Waals surface area contributed by atoms with Crippen LogP contribution in [0.1, 0.15) is 36.5 Å². The van der Waals surface area contributed by atoms with Gasteiger partial charge in [-0.3, -0.25) is 5.10 Å². The van der Waals surface area contributed by atoms with Crippen molar-refractivity contribution in [2.45, 2.75) is 20.0 Å². The minimum Gasteiger partial charge on any atom is -0.496 e. The first kappa shape index (κ1) is 18.6. The molecule has 0 aliphatic carbocycles. The van der Waals surface area contributed by atoms with Gasteiger partial charge in [0.1, 0.15) is 11.5 Å². The van der Waals surface area contributed by atoms with Gasteiger partial charge in [-0.1, -0.05) is 0 Å². The third-order valence-corrected chi connectivity index (χ3v) is 4.05. The summed E-state index contributed by atoms with van der Waals surface area (Å²) in [6.45, 7) is 4.00. The van der Waals surface area contributed by atoms with Crippen molar-refractivity contribution in [3.8, 4) is 11.5 Å². The summed E-state index contributed by atoms with van der Waals surface area (Å²) in [5.41, 5.74) is 3.90. The molecule has 0 aliphatic heterocycles. The van der Waals surface area contributed by atoms with E-state index in [4.69, 9.17) is 9.47 Å². The number of hydrogen-bond acceptors (Lipinski definition) is 3. The normalized spacial score (nSPS) is 11.7. The molecular weight excluding hydrogens is 338 g/mol. The molecule has 27 heavy (non-hydrogen) atoms. The first-order valence-corrected chi connectivity index (χ1v) is 8.93. The summed E-state index contributed by atoms with van der Waals surface area (Å²) in [4.78, 5) is 0. The Morgan fingerprint density at radius 2 is 1.93 bits per heavy atom. The highest BCUT2D eigenvalue weighted by molar-refractivity contribution is 5.73. The Labute approximate surface area is 159 Å². The predicted octanol–water partition coefficient (Wildman–Crippen LogP) is 4.88. The zero-order chi connectivity index (χ0) is 19.2. The summed E-state index contributed by atoms with van der Waals surface area (Å²) in [7, 11) is 3.68. The van der Waals surface area contributed by atoms with E-state index >= 15 is 0 Å². The van der Waals surface area contributed by atoms with E-state index in [0.29, 0.717) is 0 Å². The molecule has 0 spiro atoms. The molecule has 1 aromatic carbocycles. The molecule has 140 valence electrons. The predicted molar refractivity (Wildman–Crippen MR) is 111 cm³/mol. The van der Waals surface area contributed by atoms with E-state index in [2.05, 4.69) is 26.9 Å². The molecule has 3 aromatic rings. The van der Waals surface area contributed by atoms with Crippen LogP contribution >= 0.6 is 0 Å². The van der Waals surface area contributed by atoms with Crippen LogP contribution in [0, 0.1) is 0 Å². The third-order valence-electron chi connectivity index (χ3n) is 4.05. The molecule has 0 fully saturated rings. The van der Waals surface area contributed by atoms with E-state index in [1.807, 2.05) is 75.7 Å². The molecule has 3 rings (SSSR count). The monoisotopic (exact) mass is 363 g/mol. The van der Waals surface area contributed by atoms with Crippen molar-refractivity contribution in [3.63, 3.8) is 0 Å². The molecule has 0 bridgehead atoms. The number of aryl methyl sites for hydroxylation is 1. The Morgan fingerprint density at radius 3 is 2.63 bits per heavy atom. The van der Waals surface area contributed by atoms with E-state index in [-0.39, 0.29) is 6.10 Å². The summed E-state index contributed by atoms with van der Waals surface area (Å²) in [6, 6.07) is 11.9. The van der Waals surface area contributed by atoms with Gasteiger partial charge in [-0.15, -0.1) is 0 Å². The lowest BCUT2D eigenvalue weighted by Gasteiger charge is -2.12. The average Bonchev–Trinajstić information content (AvgIpc) is 3.27. The van der Waals surface area contributed by atoms with Crippen molar-refractivity contribution in [1.82, 2.24) is 14.8 Å². The second-order valence-electron chi connectivity index (χ2n) is 6.53. The van der Waals surface area contributed by atoms with E-state index in [0.717, 1.165) is 34.1 Å². The second kappa shape index (κ2) is 8.45. The lowest BCUT2D eigenvalue weighted by atomic mass is 10.1. The quantitative estimate of drug-likeness (QED) is 0.650. The zero-order valence-electron chi connectivity index (χ0n) is 16.1. The molecule has 0 unspecified atom stereocenters. The SMILES string of the molecule is COc1cc(OC(C)C)ccc1/C=C/c1cc(C=Cc2cccn2C)[nH]n1. The number of aromatic amines is 1. The molecular formula is C22H25N3O2. The number of nitrogens with one attached hydrogen (secondary N) is 1. The fraction of sp³-hybridized carbons (Fsp3) is 0.227. The zero-order valence-corrected chi connectivity index (χ0v) is 16.1. The summed E-state index contributed by atoms with van der Waals surface area (Å²) >= 11 is 0. The summed E-state index contributed by atoms with van der Waals surface area (Å²) < 4.78 is 13.3. The van der Waals surface area contributed by atoms with Crippen LogP contribution in [0.3, 0.4) is 0 Å². The maximum Gasteiger partial charge on any atom is 0.129 e. The number of methoxy groups -OCH3 is 1. The number of H-pyrrole nitrogens is 1. The van der Waals surface area contributed by atoms with Crippen molar-refractivity contribution < 1.29 is 9.47 Å². The molecule has 5 nitrogen and oxygen atoms in total. The molecule has 0 aliphatic rings. The Hall–Kier alpha value is -3.21. The Bertz CT molecular complexity index is 948. The Kier molecular flexibility index (Phi) is 5.81. The van der Waals surface area contributed by atoms with Crippen LogP contribution in [0.2, 0.25) is 0 Å². The molecule has 0 amide bonds. The standard InChI is InChI=1S/C22H25N3O2/c1-16(2)27-21-12-8-17(22(15-21)26-4)7-9-18-14-19(24-23-18)10-11-20-6-5-13-25(20)3/h5-16H,1-4H3,(H,23,24)/b9-7+,11-10?. The van der Waals surface area contributed by atoms with Gasteiger partial charge >= 0.3 is 0 Å². The summed E-state index contributed by atoms with van der Waals surface area (Å²) in [5, 5.41) is 7.37. The van der Waals surface area contributed by atoms with Gasteiger partial charge < -0.3 is 14.0 Å². The minimum absolute atomic E-state index is 0.127. The van der Waals surface area contributed by atoms with Gasteiger partial charge in [-0.25, -0.2) is 0 Å². The van der Waals surface area contributed by atoms with Gasteiger partial charge in [0.2, 0.25) is 0 Å². The van der Waals surface area contributed by atoms with Gasteiger partial charge in [0.05, 0.1) is 24.6 Å². The maximum atomic E-state index is 5.71. The van der Waals surface area contributed by atoms with Crippen molar-refractivity contribution in [2.24, 2.45) is 7.05 Å². The van der Waals surface area contributed by atoms with Crippen molar-refractivity contribution in [2.75, 3.05) is 7.11 Å². The van der Waals surface area contributed by atoms with E-state index in [9.17, 15) is 0 Å². The van der Waals surface area contributed by atoms with Gasteiger partial charge in [0, 0.05) is 30.6 Å². The third kappa shape index (κ3) is 4.91. The average molecular weight is 363 g/mol. The Morgan fingerprint density at radius 1 is 1.07 bits per heavy atom. The minimum atomic E-state index is 0.127. The number of hydrogen-bond donors (Lipinski definition) is 1. The van der Waals surface area contributed by atoms with E-state index in [1.165, 1.54) is 0 Å². The fourth-order valence-electron chi connectivity index (χ4n) is 2.70. The highest BCUT2D eigenvalue weighted by Gasteiger charge is 2.05. The van der Waals surface area contributed by atoms with Crippen molar-refractivity contribution >= 4 is 24.3 Å². The smallest absolute Gasteiger partial charge is 0.129 e. The van der Waals surface area contributed by atoms with Crippen molar-refractivity contribution in [1.29, 1.82) is 0 Å². The van der Waals surface area contributed by atoms with Crippen LogP contribution in [0.5, 0.6) is 11.5 Å². The highest BCUT2D eigenvalue weighted by atomic mass is 16.5. The van der Waals surface area contributed by atoms with Gasteiger partial charge in [-0.05, 0) is 68.5 Å². The van der Waals surface area contributed by atoms with Crippen LogP contribution in [0.25, 0.3) is 24.3 Å². The molecule has 0 saturated carbocycles. The number of aromatic nitrogens is 3. The number of ether oxygens (including phenoxy) is 2. The largest absolute Gasteiger partial charge is 0.496 e. The maximum absolute atomic E-state index is 5.71. The Balaban J connectivity index is 1.72. The van der Waals surface area contributed by atoms with Crippen LogP contribution in [-0.2, 0) is 7.05 Å². The lowest BCUT2D eigenvalue weighted by molar-refractivity contribution is 0.241. The van der Waals surface area contributed by atoms with E-state index in [1.54, 1.807) is 7.11 Å². The number of benzene rings is 1. The number of nitrogens with zero attached hydrogens (tertiary/aromatic N) is 2. The highest BCUT2D eigenvalue weighted by Crippen LogP contribution is 2.27. The lowest BCUT2D eigenvalue weighted by Crippen LogP contribution is -2.05. The van der Waals surface area contributed by atoms with E-state index < -0.39 is 0 Å². The molecule has 2 aromatic heterocycles. The first-order valence-electron chi connectivity index (χ1n) is 8.93. The van der Waals surface area contributed by atoms with Crippen molar-refractivity contribution in [3.05, 3.63) is 65.2 Å². The summed E-state index contributed by atoms with van der Waals surface area (Å²) in [5.74, 6) is 1.57. The molecule has 2 heterocycles. The second-order valence-corrected chi connectivity index (χ2v) is 6.53. The van der Waals surface area contributed by atoms with Crippen LogP contribution in [0.4, 0.5) is 0 Å². The topological polar surface area (TPSA) is 52.1 Å². The van der Waals surface area contributed by atoms with Gasteiger partial charge in [0.25, 0.3) is 0 Å². The van der Waals surface area contributed by atoms with Crippen LogP contribution < -0.4 is 9.47 Å². The van der Waals surface area contributed by atoms with Gasteiger partial charge in [-0.2, -0.15) is 5.10 Å². The van der Waals surface area contributed by atoms with Gasteiger partial charge in [0.15, 0.2) is 0 Å². The fourth-order valence-corrected chi connectivity index (χ4v) is 2.70. The first-order chi connectivity index (χ1) is 13.0. The number of rotatable bonds is 7. The molecule has 0 radical (unpaired) electrons. The molecule has 1 N–H and O–H groups in total. The van der Waals surface area contributed by atoms with Crippen LogP contribution in [0.15, 0.2) is 42.6 Å². The van der Waals surface area contributed by atoms with Crippen LogP contribution in [-0.4, -0.2) is 28.0 Å². The molecule has 5 heteroatoms. The summed E-state index contributed by atoms with van der Waals surface area (Å²) in [6.07, 6.45) is 10.2. The molecule has 0 saturated heterocycles. The molecule has 0 atom stereocenters.